The van der Waals surface area contributed by atoms with Gasteiger partial charge in [0, 0.05) is 17.8 Å². The first-order valence-electron chi connectivity index (χ1n) is 5.11. The lowest BCUT2D eigenvalue weighted by molar-refractivity contribution is -0.392. The van der Waals surface area contributed by atoms with Crippen LogP contribution in [0.2, 0.25) is 0 Å². The molecule has 1 rings (SSSR count). The molecule has 0 fully saturated rings. The van der Waals surface area contributed by atoms with Crippen LogP contribution in [0.3, 0.4) is 0 Å². The number of nitro benzene ring substituents is 2. The van der Waals surface area contributed by atoms with Gasteiger partial charge in [-0.3, -0.25) is 20.2 Å². The Bertz CT molecular complexity index is 680. The molecule has 0 atom stereocenters. The Morgan fingerprint density at radius 2 is 1.85 bits per heavy atom. The van der Waals surface area contributed by atoms with Crippen LogP contribution in [0.1, 0.15) is 5.56 Å². The highest BCUT2D eigenvalue weighted by Gasteiger charge is 2.26. The lowest BCUT2D eigenvalue weighted by atomic mass is 10.1. The zero-order valence-electron chi connectivity index (χ0n) is 10.2. The Morgan fingerprint density at radius 1 is 1.25 bits per heavy atom. The van der Waals surface area contributed by atoms with E-state index >= 15 is 0 Å². The van der Waals surface area contributed by atoms with Gasteiger partial charge >= 0.3 is 5.69 Å². The molecule has 0 aromatic heterocycles. The lowest BCUT2D eigenvalue weighted by Gasteiger charge is -2.05. The van der Waals surface area contributed by atoms with Crippen molar-refractivity contribution in [2.45, 2.75) is 6.92 Å². The number of nitro groups is 2. The average Bonchev–Trinajstić information content (AvgIpc) is 2.39. The number of benzene rings is 1. The first kappa shape index (κ1) is 14.6. The number of allylic oxidation sites excluding steroid dienone is 1. The molecule has 100 valence electrons. The first-order chi connectivity index (χ1) is 9.42. The molecule has 0 aliphatic carbocycles. The Morgan fingerprint density at radius 3 is 2.30 bits per heavy atom. The van der Waals surface area contributed by atoms with Crippen LogP contribution in [0.25, 0.3) is 0 Å². The largest absolute Gasteiger partial charge is 0.349 e. The summed E-state index contributed by atoms with van der Waals surface area (Å²) >= 11 is 0. The zero-order valence-corrected chi connectivity index (χ0v) is 10.2. The summed E-state index contributed by atoms with van der Waals surface area (Å²) in [4.78, 5) is 20.3. The van der Waals surface area contributed by atoms with Gasteiger partial charge in [0.15, 0.2) is 5.69 Å². The Balaban J connectivity index is 3.49. The van der Waals surface area contributed by atoms with Gasteiger partial charge in [-0.15, -0.1) is 0 Å². The smallest absolute Gasteiger partial charge is 0.302 e. The molecule has 0 heterocycles. The van der Waals surface area contributed by atoms with Crippen molar-refractivity contribution in [2.24, 2.45) is 0 Å². The van der Waals surface area contributed by atoms with Crippen molar-refractivity contribution < 1.29 is 9.85 Å². The van der Waals surface area contributed by atoms with Gasteiger partial charge in [-0.05, 0) is 13.0 Å². The average molecular weight is 273 g/mol. The summed E-state index contributed by atoms with van der Waals surface area (Å²) in [7, 11) is 0. The SMILES string of the molecule is Cc1ccc([N+](=O)[O-])c(NC=C(C#N)C#N)c1[N+](=O)[O-]. The van der Waals surface area contributed by atoms with Gasteiger partial charge in [0.1, 0.15) is 17.7 Å². The van der Waals surface area contributed by atoms with Crippen molar-refractivity contribution in [3.05, 3.63) is 49.7 Å². The quantitative estimate of drug-likeness (QED) is 0.502. The molecule has 20 heavy (non-hydrogen) atoms. The number of nitrogens with one attached hydrogen (secondary N) is 1. The second kappa shape index (κ2) is 5.93. The van der Waals surface area contributed by atoms with E-state index in [1.54, 1.807) is 0 Å². The predicted molar refractivity (Wildman–Crippen MR) is 67.4 cm³/mol. The Labute approximate surface area is 112 Å². The summed E-state index contributed by atoms with van der Waals surface area (Å²) in [6.07, 6.45) is 0.884. The van der Waals surface area contributed by atoms with E-state index in [4.69, 9.17) is 10.5 Å². The molecule has 0 unspecified atom stereocenters. The van der Waals surface area contributed by atoms with E-state index in [0.29, 0.717) is 0 Å². The van der Waals surface area contributed by atoms with Crippen LogP contribution in [-0.4, -0.2) is 9.85 Å². The standard InChI is InChI=1S/C11H7N5O4/c1-7-2-3-9(15(17)18)10(11(7)16(19)20)14-6-8(4-12)5-13/h2-3,6,14H,1H3. The molecule has 0 aliphatic heterocycles. The van der Waals surface area contributed by atoms with E-state index in [2.05, 4.69) is 5.32 Å². The molecule has 0 saturated carbocycles. The number of hydrogen-bond donors (Lipinski definition) is 1. The van der Waals surface area contributed by atoms with Crippen LogP contribution in [0.15, 0.2) is 23.9 Å². The van der Waals surface area contributed by atoms with Gasteiger partial charge < -0.3 is 5.32 Å². The molecule has 9 heteroatoms. The van der Waals surface area contributed by atoms with Crippen molar-refractivity contribution in [3.8, 4) is 12.1 Å². The monoisotopic (exact) mass is 273 g/mol. The van der Waals surface area contributed by atoms with Gasteiger partial charge in [-0.2, -0.15) is 10.5 Å². The fourth-order valence-corrected chi connectivity index (χ4v) is 1.45. The van der Waals surface area contributed by atoms with Crippen molar-refractivity contribution >= 4 is 17.1 Å². The molecule has 0 radical (unpaired) electrons. The van der Waals surface area contributed by atoms with Crippen LogP contribution in [0.4, 0.5) is 17.1 Å². The molecule has 0 aliphatic rings. The highest BCUT2D eigenvalue weighted by atomic mass is 16.6. The number of nitriles is 2. The van der Waals surface area contributed by atoms with Crippen molar-refractivity contribution in [1.82, 2.24) is 0 Å². The first-order valence-corrected chi connectivity index (χ1v) is 5.11. The number of rotatable bonds is 4. The summed E-state index contributed by atoms with van der Waals surface area (Å²) in [6, 6.07) is 5.42. The van der Waals surface area contributed by atoms with Gasteiger partial charge in [0.05, 0.1) is 9.85 Å². The van der Waals surface area contributed by atoms with Crippen LogP contribution in [0, 0.1) is 49.8 Å². The van der Waals surface area contributed by atoms with Crippen LogP contribution >= 0.6 is 0 Å². The summed E-state index contributed by atoms with van der Waals surface area (Å²) in [5, 5.41) is 41.3. The van der Waals surface area contributed by atoms with Gasteiger partial charge in [0.2, 0.25) is 0 Å². The molecular weight excluding hydrogens is 266 g/mol. The zero-order chi connectivity index (χ0) is 15.3. The number of nitrogens with zero attached hydrogens (tertiary/aromatic N) is 4. The highest BCUT2D eigenvalue weighted by Crippen LogP contribution is 2.36. The molecule has 9 nitrogen and oxygen atoms in total. The minimum absolute atomic E-state index is 0.215. The molecule has 0 saturated heterocycles. The third kappa shape index (κ3) is 2.86. The van der Waals surface area contributed by atoms with Crippen LogP contribution in [0.5, 0.6) is 0 Å². The fourth-order valence-electron chi connectivity index (χ4n) is 1.45. The molecular formula is C11H7N5O4. The summed E-state index contributed by atoms with van der Waals surface area (Å²) in [6.45, 7) is 1.42. The number of anilines is 1. The summed E-state index contributed by atoms with van der Waals surface area (Å²) in [5.74, 6) is 0. The number of aryl methyl sites for hydroxylation is 1. The molecule has 1 aromatic carbocycles. The third-order valence-electron chi connectivity index (χ3n) is 2.34. The molecule has 0 amide bonds. The van der Waals surface area contributed by atoms with Gasteiger partial charge in [0.25, 0.3) is 5.69 Å². The van der Waals surface area contributed by atoms with Gasteiger partial charge in [-0.1, -0.05) is 0 Å². The van der Waals surface area contributed by atoms with E-state index in [1.807, 2.05) is 0 Å². The molecule has 0 spiro atoms. The Hall–Kier alpha value is -3.46. The predicted octanol–water partition coefficient (Wildman–Crippen LogP) is 2.15. The topological polar surface area (TPSA) is 146 Å². The molecule has 1 aromatic rings. The van der Waals surface area contributed by atoms with Crippen LogP contribution < -0.4 is 5.32 Å². The minimum atomic E-state index is -0.791. The number of hydrogen-bond acceptors (Lipinski definition) is 7. The van der Waals surface area contributed by atoms with Crippen molar-refractivity contribution in [2.75, 3.05) is 5.32 Å². The highest BCUT2D eigenvalue weighted by molar-refractivity contribution is 5.77. The Kier molecular flexibility index (Phi) is 4.33. The molecule has 1 N–H and O–H groups in total. The van der Waals surface area contributed by atoms with Crippen LogP contribution in [-0.2, 0) is 0 Å². The lowest BCUT2D eigenvalue weighted by Crippen LogP contribution is -2.03. The van der Waals surface area contributed by atoms with E-state index in [9.17, 15) is 20.2 Å². The van der Waals surface area contributed by atoms with Gasteiger partial charge in [-0.25, -0.2) is 0 Å². The van der Waals surface area contributed by atoms with E-state index in [1.165, 1.54) is 25.1 Å². The van der Waals surface area contributed by atoms with E-state index in [0.717, 1.165) is 12.3 Å². The fraction of sp³-hybridized carbons (Fsp3) is 0.0909. The van der Waals surface area contributed by atoms with Crippen molar-refractivity contribution in [3.63, 3.8) is 0 Å². The maximum absolute atomic E-state index is 11.0. The molecule has 0 bridgehead atoms. The van der Waals surface area contributed by atoms with E-state index < -0.39 is 21.2 Å². The second-order valence-corrected chi connectivity index (χ2v) is 3.57. The minimum Gasteiger partial charge on any atom is -0.349 e. The van der Waals surface area contributed by atoms with E-state index in [-0.39, 0.29) is 16.8 Å². The second-order valence-electron chi connectivity index (χ2n) is 3.57. The normalized spacial score (nSPS) is 8.95. The summed E-state index contributed by atoms with van der Waals surface area (Å²) < 4.78 is 0. The maximum Gasteiger partial charge on any atom is 0.302 e. The third-order valence-corrected chi connectivity index (χ3v) is 2.34. The maximum atomic E-state index is 11.0. The summed E-state index contributed by atoms with van der Waals surface area (Å²) in [5.41, 5.74) is -1.52. The van der Waals surface area contributed by atoms with Crippen molar-refractivity contribution in [1.29, 1.82) is 10.5 Å².